The molecule has 0 aliphatic heterocycles. The van der Waals surface area contributed by atoms with Crippen molar-refractivity contribution in [3.63, 3.8) is 0 Å². The number of carbonyl (C=O) groups is 2. The van der Waals surface area contributed by atoms with Gasteiger partial charge in [0, 0.05) is 22.4 Å². The van der Waals surface area contributed by atoms with Gasteiger partial charge in [0.15, 0.2) is 0 Å². The van der Waals surface area contributed by atoms with Crippen molar-refractivity contribution in [3.8, 4) is 0 Å². The Kier molecular flexibility index (Phi) is 6.29. The fourth-order valence-electron chi connectivity index (χ4n) is 2.28. The van der Waals surface area contributed by atoms with Gasteiger partial charge < -0.3 is 10.6 Å². The maximum Gasteiger partial charge on any atom is 0.243 e. The Balaban J connectivity index is 1.65. The lowest BCUT2D eigenvalue weighted by Gasteiger charge is -2.06. The molecule has 0 bridgehead atoms. The first kappa shape index (κ1) is 17.1. The van der Waals surface area contributed by atoms with E-state index >= 15 is 0 Å². The van der Waals surface area contributed by atoms with E-state index in [1.807, 2.05) is 0 Å². The third-order valence-electron chi connectivity index (χ3n) is 3.39. The van der Waals surface area contributed by atoms with E-state index in [9.17, 15) is 9.59 Å². The van der Waals surface area contributed by atoms with E-state index in [1.54, 1.807) is 35.9 Å². The van der Waals surface area contributed by atoms with Gasteiger partial charge >= 0.3 is 0 Å². The first-order valence-corrected chi connectivity index (χ1v) is 8.38. The predicted octanol–water partition coefficient (Wildman–Crippen LogP) is 2.84. The number of hydrogen-bond acceptors (Lipinski definition) is 4. The Morgan fingerprint density at radius 3 is 2.74 bits per heavy atom. The Morgan fingerprint density at radius 1 is 1.26 bits per heavy atom. The van der Waals surface area contributed by atoms with Crippen LogP contribution in [0.4, 0.5) is 5.69 Å². The van der Waals surface area contributed by atoms with Gasteiger partial charge in [-0.15, -0.1) is 11.3 Å². The van der Waals surface area contributed by atoms with Gasteiger partial charge in [-0.1, -0.05) is 0 Å². The normalized spacial score (nSPS) is 10.3. The van der Waals surface area contributed by atoms with Crippen molar-refractivity contribution in [3.05, 3.63) is 45.9 Å². The minimum Gasteiger partial charge on any atom is -0.347 e. The first-order valence-electron chi connectivity index (χ1n) is 7.57. The molecule has 0 aliphatic carbocycles. The number of hydrogen-bond donors (Lipinski definition) is 2. The van der Waals surface area contributed by atoms with Gasteiger partial charge in [0.2, 0.25) is 11.8 Å². The van der Waals surface area contributed by atoms with Crippen LogP contribution in [0.1, 0.15) is 28.2 Å². The van der Waals surface area contributed by atoms with Gasteiger partial charge in [-0.05, 0) is 50.5 Å². The predicted molar refractivity (Wildman–Crippen MR) is 92.6 cm³/mol. The molecule has 0 fully saturated rings. The summed E-state index contributed by atoms with van der Waals surface area (Å²) in [6, 6.07) is 5.67. The lowest BCUT2D eigenvalue weighted by molar-refractivity contribution is -0.124. The number of amides is 2. The monoisotopic (exact) mass is 331 g/mol. The summed E-state index contributed by atoms with van der Waals surface area (Å²) in [5.74, 6) is -0.355. The molecule has 0 saturated carbocycles. The van der Waals surface area contributed by atoms with Crippen LogP contribution in [-0.2, 0) is 16.0 Å². The molecule has 0 unspecified atom stereocenters. The van der Waals surface area contributed by atoms with Crippen molar-refractivity contribution >= 4 is 28.8 Å². The van der Waals surface area contributed by atoms with Crippen molar-refractivity contribution in [1.82, 2.24) is 10.3 Å². The molecule has 0 atom stereocenters. The third kappa shape index (κ3) is 5.83. The Hall–Kier alpha value is -2.21. The van der Waals surface area contributed by atoms with Gasteiger partial charge in [-0.25, -0.2) is 0 Å². The number of anilines is 1. The molecular formula is C17H21N3O2S. The summed E-state index contributed by atoms with van der Waals surface area (Å²) in [6.45, 7) is 4.18. The van der Waals surface area contributed by atoms with E-state index in [2.05, 4.69) is 35.5 Å². The molecule has 2 aromatic heterocycles. The number of aromatic nitrogens is 1. The van der Waals surface area contributed by atoms with Crippen LogP contribution in [0, 0.1) is 13.8 Å². The van der Waals surface area contributed by atoms with E-state index in [1.165, 1.54) is 15.3 Å². The average Bonchev–Trinajstić information content (AvgIpc) is 2.84. The van der Waals surface area contributed by atoms with E-state index in [0.717, 1.165) is 12.8 Å². The highest BCUT2D eigenvalue weighted by Crippen LogP contribution is 2.22. The maximum absolute atomic E-state index is 11.8. The van der Waals surface area contributed by atoms with Crippen molar-refractivity contribution in [2.75, 3.05) is 11.9 Å². The highest BCUT2D eigenvalue weighted by atomic mass is 32.1. The minimum absolute atomic E-state index is 0.0235. The summed E-state index contributed by atoms with van der Waals surface area (Å²) in [5.41, 5.74) is 1.93. The smallest absolute Gasteiger partial charge is 0.243 e. The van der Waals surface area contributed by atoms with Crippen LogP contribution in [-0.4, -0.2) is 23.3 Å². The molecule has 0 radical (unpaired) electrons. The Morgan fingerprint density at radius 2 is 2.09 bits per heavy atom. The molecule has 0 aliphatic rings. The second kappa shape index (κ2) is 8.43. The van der Waals surface area contributed by atoms with E-state index < -0.39 is 0 Å². The molecule has 0 aromatic carbocycles. The number of pyridine rings is 1. The number of rotatable bonds is 7. The molecule has 5 nitrogen and oxygen atoms in total. The molecule has 6 heteroatoms. The molecule has 2 N–H and O–H groups in total. The number of thiophene rings is 1. The topological polar surface area (TPSA) is 71.1 Å². The molecule has 0 saturated heterocycles. The van der Waals surface area contributed by atoms with Crippen molar-refractivity contribution in [2.45, 2.75) is 33.1 Å². The molecule has 2 heterocycles. The molecule has 2 amide bonds. The number of nitrogens with zero attached hydrogens (tertiary/aromatic N) is 1. The average molecular weight is 331 g/mol. The van der Waals surface area contributed by atoms with E-state index in [4.69, 9.17) is 0 Å². The summed E-state index contributed by atoms with van der Waals surface area (Å²) in [7, 11) is 0. The second-order valence-electron chi connectivity index (χ2n) is 5.36. The van der Waals surface area contributed by atoms with Crippen LogP contribution in [0.25, 0.3) is 0 Å². The highest BCUT2D eigenvalue weighted by Gasteiger charge is 2.07. The molecule has 2 aromatic rings. The van der Waals surface area contributed by atoms with Crippen LogP contribution in [0.3, 0.4) is 0 Å². The zero-order valence-corrected chi connectivity index (χ0v) is 14.2. The lowest BCUT2D eigenvalue weighted by atomic mass is 10.1. The quantitative estimate of drug-likeness (QED) is 0.819. The van der Waals surface area contributed by atoms with Crippen LogP contribution >= 0.6 is 11.3 Å². The summed E-state index contributed by atoms with van der Waals surface area (Å²) in [6.07, 6.45) is 5.30. The molecule has 23 heavy (non-hydrogen) atoms. The third-order valence-corrected chi connectivity index (χ3v) is 4.39. The zero-order chi connectivity index (χ0) is 16.7. The van der Waals surface area contributed by atoms with Gasteiger partial charge in [-0.2, -0.15) is 0 Å². The fraction of sp³-hybridized carbons (Fsp3) is 0.353. The van der Waals surface area contributed by atoms with E-state index in [0.29, 0.717) is 12.1 Å². The lowest BCUT2D eigenvalue weighted by Crippen LogP contribution is -2.32. The number of nitrogens with one attached hydrogen (secondary N) is 2. The Bertz CT molecular complexity index is 668. The summed E-state index contributed by atoms with van der Waals surface area (Å²) in [5, 5.41) is 5.31. The Labute approximate surface area is 140 Å². The van der Waals surface area contributed by atoms with Gasteiger partial charge in [0.05, 0.1) is 18.4 Å². The van der Waals surface area contributed by atoms with Crippen LogP contribution < -0.4 is 10.6 Å². The van der Waals surface area contributed by atoms with Crippen LogP contribution in [0.2, 0.25) is 0 Å². The molecule has 122 valence electrons. The SMILES string of the molecule is Cc1cc(CCCC(=O)NCC(=O)Nc2cccnc2)c(C)s1. The molecular weight excluding hydrogens is 310 g/mol. The molecule has 0 spiro atoms. The van der Waals surface area contributed by atoms with Crippen molar-refractivity contribution in [1.29, 1.82) is 0 Å². The van der Waals surface area contributed by atoms with Crippen LogP contribution in [0.5, 0.6) is 0 Å². The van der Waals surface area contributed by atoms with E-state index in [-0.39, 0.29) is 18.4 Å². The minimum atomic E-state index is -0.254. The maximum atomic E-state index is 11.8. The number of aryl methyl sites for hydroxylation is 3. The fourth-order valence-corrected chi connectivity index (χ4v) is 3.26. The summed E-state index contributed by atoms with van der Waals surface area (Å²) >= 11 is 1.78. The summed E-state index contributed by atoms with van der Waals surface area (Å²) < 4.78 is 0. The van der Waals surface area contributed by atoms with Crippen molar-refractivity contribution in [2.24, 2.45) is 0 Å². The van der Waals surface area contributed by atoms with Crippen molar-refractivity contribution < 1.29 is 9.59 Å². The number of carbonyl (C=O) groups excluding carboxylic acids is 2. The zero-order valence-electron chi connectivity index (χ0n) is 13.4. The first-order chi connectivity index (χ1) is 11.0. The largest absolute Gasteiger partial charge is 0.347 e. The molecule has 2 rings (SSSR count). The standard InChI is InChI=1S/C17H21N3O2S/c1-12-9-14(13(2)23-12)5-3-7-16(21)19-11-17(22)20-15-6-4-8-18-10-15/h4,6,8-10H,3,5,7,11H2,1-2H3,(H,19,21)(H,20,22). The highest BCUT2D eigenvalue weighted by molar-refractivity contribution is 7.12. The van der Waals surface area contributed by atoms with Gasteiger partial charge in [0.1, 0.15) is 0 Å². The van der Waals surface area contributed by atoms with Gasteiger partial charge in [-0.3, -0.25) is 14.6 Å². The van der Waals surface area contributed by atoms with Gasteiger partial charge in [0.25, 0.3) is 0 Å². The second-order valence-corrected chi connectivity index (χ2v) is 6.82. The van der Waals surface area contributed by atoms with Crippen LogP contribution in [0.15, 0.2) is 30.6 Å². The summed E-state index contributed by atoms with van der Waals surface area (Å²) in [4.78, 5) is 30.0.